The van der Waals surface area contributed by atoms with E-state index in [1.165, 1.54) is 0 Å². The van der Waals surface area contributed by atoms with Gasteiger partial charge in [-0.05, 0) is 12.8 Å². The summed E-state index contributed by atoms with van der Waals surface area (Å²) in [5.74, 6) is 0.573. The van der Waals surface area contributed by atoms with Crippen LogP contribution in [0.15, 0.2) is 33.1 Å². The number of hydrogen-bond acceptors (Lipinski definition) is 5. The number of nitrogens with one attached hydrogen (secondary N) is 1. The standard InChI is InChI=1S/C19H23NO4/c1-3-5-6-9-23-13-10-15(21)17-16(11-13)24-19(22)14-8-7-12(4-2)20-18(14)17/h7,10-11,20-21H,3-6,8-9H2,1-2H3. The van der Waals surface area contributed by atoms with Gasteiger partial charge < -0.3 is 19.6 Å². The zero-order chi connectivity index (χ0) is 17.1. The van der Waals surface area contributed by atoms with Crippen molar-refractivity contribution in [2.75, 3.05) is 11.9 Å². The van der Waals surface area contributed by atoms with Crippen LogP contribution in [0.3, 0.4) is 0 Å². The van der Waals surface area contributed by atoms with Crippen molar-refractivity contribution >= 4 is 16.7 Å². The largest absolute Gasteiger partial charge is 0.507 e. The van der Waals surface area contributed by atoms with Crippen LogP contribution in [-0.4, -0.2) is 11.7 Å². The minimum atomic E-state index is -0.376. The Balaban J connectivity index is 2.00. The highest BCUT2D eigenvalue weighted by Gasteiger charge is 2.21. The molecule has 24 heavy (non-hydrogen) atoms. The molecule has 128 valence electrons. The Labute approximate surface area is 140 Å². The van der Waals surface area contributed by atoms with Crippen LogP contribution < -0.4 is 15.7 Å². The van der Waals surface area contributed by atoms with Gasteiger partial charge in [-0.1, -0.05) is 32.8 Å². The average molecular weight is 329 g/mol. The molecule has 0 radical (unpaired) electrons. The molecule has 1 aliphatic rings. The van der Waals surface area contributed by atoms with Crippen molar-refractivity contribution in [3.05, 3.63) is 39.9 Å². The van der Waals surface area contributed by atoms with E-state index < -0.39 is 0 Å². The lowest BCUT2D eigenvalue weighted by Crippen LogP contribution is -2.16. The second kappa shape index (κ2) is 6.99. The predicted molar refractivity (Wildman–Crippen MR) is 94.9 cm³/mol. The van der Waals surface area contributed by atoms with Crippen molar-refractivity contribution in [1.29, 1.82) is 0 Å². The summed E-state index contributed by atoms with van der Waals surface area (Å²) in [6, 6.07) is 3.26. The molecule has 0 saturated heterocycles. The van der Waals surface area contributed by atoms with Crippen molar-refractivity contribution in [2.45, 2.75) is 46.0 Å². The molecular weight excluding hydrogens is 306 g/mol. The normalized spacial score (nSPS) is 13.3. The zero-order valence-corrected chi connectivity index (χ0v) is 14.1. The number of phenolic OH excluding ortho intramolecular Hbond substituents is 1. The smallest absolute Gasteiger partial charge is 0.341 e. The Morgan fingerprint density at radius 2 is 2.12 bits per heavy atom. The Morgan fingerprint density at radius 3 is 2.88 bits per heavy atom. The van der Waals surface area contributed by atoms with Gasteiger partial charge in [-0.25, -0.2) is 4.79 Å². The summed E-state index contributed by atoms with van der Waals surface area (Å²) in [5.41, 5.74) is 2.20. The Morgan fingerprint density at radius 1 is 1.29 bits per heavy atom. The van der Waals surface area contributed by atoms with Gasteiger partial charge in [-0.2, -0.15) is 0 Å². The SMILES string of the molecule is CCCCCOc1cc(O)c2c3c(c(=O)oc2c1)CC=C(CC)N3. The molecule has 0 fully saturated rings. The number of anilines is 1. The van der Waals surface area contributed by atoms with E-state index in [1.54, 1.807) is 12.1 Å². The van der Waals surface area contributed by atoms with Gasteiger partial charge >= 0.3 is 5.63 Å². The number of rotatable bonds is 6. The van der Waals surface area contributed by atoms with Crippen LogP contribution in [0.1, 0.15) is 45.1 Å². The molecule has 1 aromatic heterocycles. The van der Waals surface area contributed by atoms with Gasteiger partial charge in [-0.3, -0.25) is 0 Å². The Hall–Kier alpha value is -2.43. The van der Waals surface area contributed by atoms with Gasteiger partial charge in [0.15, 0.2) is 0 Å². The summed E-state index contributed by atoms with van der Waals surface area (Å²) in [7, 11) is 0. The summed E-state index contributed by atoms with van der Waals surface area (Å²) in [5, 5.41) is 14.2. The summed E-state index contributed by atoms with van der Waals surface area (Å²) >= 11 is 0. The number of ether oxygens (including phenoxy) is 1. The van der Waals surface area contributed by atoms with Crippen LogP contribution in [0.4, 0.5) is 5.69 Å². The van der Waals surface area contributed by atoms with Crippen molar-refractivity contribution in [1.82, 2.24) is 0 Å². The summed E-state index contributed by atoms with van der Waals surface area (Å²) in [4.78, 5) is 12.2. The van der Waals surface area contributed by atoms with Crippen LogP contribution in [0.25, 0.3) is 11.0 Å². The predicted octanol–water partition coefficient (Wildman–Crippen LogP) is 4.33. The molecule has 1 aromatic carbocycles. The molecule has 2 heterocycles. The number of phenols is 1. The second-order valence-electron chi connectivity index (χ2n) is 6.03. The summed E-state index contributed by atoms with van der Waals surface area (Å²) < 4.78 is 11.1. The highest BCUT2D eigenvalue weighted by Crippen LogP contribution is 2.38. The molecule has 0 saturated carbocycles. The lowest BCUT2D eigenvalue weighted by molar-refractivity contribution is 0.304. The van der Waals surface area contributed by atoms with E-state index in [-0.39, 0.29) is 11.4 Å². The van der Waals surface area contributed by atoms with E-state index in [1.807, 2.05) is 13.0 Å². The van der Waals surface area contributed by atoms with Crippen LogP contribution in [0, 0.1) is 0 Å². The number of unbranched alkanes of at least 4 members (excludes halogenated alkanes) is 2. The first kappa shape index (κ1) is 16.4. The zero-order valence-electron chi connectivity index (χ0n) is 14.1. The maximum absolute atomic E-state index is 12.2. The molecule has 2 aromatic rings. The summed E-state index contributed by atoms with van der Waals surface area (Å²) in [6.07, 6.45) is 6.49. The Bertz CT molecular complexity index is 835. The van der Waals surface area contributed by atoms with E-state index >= 15 is 0 Å². The number of allylic oxidation sites excluding steroid dienone is 2. The van der Waals surface area contributed by atoms with Gasteiger partial charge in [0.1, 0.15) is 17.1 Å². The number of benzene rings is 1. The first-order chi connectivity index (χ1) is 11.6. The molecule has 5 heteroatoms. The van der Waals surface area contributed by atoms with E-state index in [0.29, 0.717) is 41.0 Å². The van der Waals surface area contributed by atoms with E-state index in [2.05, 4.69) is 12.2 Å². The quantitative estimate of drug-likeness (QED) is 0.609. The third-order valence-corrected chi connectivity index (χ3v) is 4.29. The topological polar surface area (TPSA) is 71.7 Å². The molecule has 2 N–H and O–H groups in total. The third-order valence-electron chi connectivity index (χ3n) is 4.29. The highest BCUT2D eigenvalue weighted by molar-refractivity contribution is 5.98. The average Bonchev–Trinajstić information content (AvgIpc) is 2.58. The third kappa shape index (κ3) is 3.11. The maximum Gasteiger partial charge on any atom is 0.341 e. The van der Waals surface area contributed by atoms with E-state index in [0.717, 1.165) is 31.4 Å². The molecule has 3 rings (SSSR count). The van der Waals surface area contributed by atoms with Crippen molar-refractivity contribution < 1.29 is 14.3 Å². The molecule has 0 aliphatic carbocycles. The maximum atomic E-state index is 12.2. The lowest BCUT2D eigenvalue weighted by Gasteiger charge is -2.20. The number of fused-ring (bicyclic) bond motifs is 3. The van der Waals surface area contributed by atoms with Crippen molar-refractivity contribution in [3.63, 3.8) is 0 Å². The van der Waals surface area contributed by atoms with Gasteiger partial charge in [0.25, 0.3) is 0 Å². The molecule has 0 atom stereocenters. The highest BCUT2D eigenvalue weighted by atomic mass is 16.5. The van der Waals surface area contributed by atoms with Crippen molar-refractivity contribution in [3.8, 4) is 11.5 Å². The van der Waals surface area contributed by atoms with Crippen molar-refractivity contribution in [2.24, 2.45) is 0 Å². The minimum absolute atomic E-state index is 0.0582. The second-order valence-corrected chi connectivity index (χ2v) is 6.03. The minimum Gasteiger partial charge on any atom is -0.507 e. The molecule has 5 nitrogen and oxygen atoms in total. The molecule has 0 bridgehead atoms. The Kier molecular flexibility index (Phi) is 4.79. The van der Waals surface area contributed by atoms with E-state index in [9.17, 15) is 9.90 Å². The van der Waals surface area contributed by atoms with Gasteiger partial charge in [0, 0.05) is 24.3 Å². The van der Waals surface area contributed by atoms with Crippen LogP contribution in [-0.2, 0) is 6.42 Å². The number of hydrogen-bond donors (Lipinski definition) is 2. The molecule has 0 unspecified atom stereocenters. The first-order valence-corrected chi connectivity index (χ1v) is 8.55. The van der Waals surface area contributed by atoms with Crippen LogP contribution >= 0.6 is 0 Å². The molecule has 0 amide bonds. The fourth-order valence-electron chi connectivity index (χ4n) is 2.94. The molecular formula is C19H23NO4. The molecule has 0 spiro atoms. The van der Waals surface area contributed by atoms with Crippen LogP contribution in [0.5, 0.6) is 11.5 Å². The van der Waals surface area contributed by atoms with Gasteiger partial charge in [0.05, 0.1) is 23.2 Å². The van der Waals surface area contributed by atoms with E-state index in [4.69, 9.17) is 9.15 Å². The summed E-state index contributed by atoms with van der Waals surface area (Å²) in [6.45, 7) is 4.75. The van der Waals surface area contributed by atoms with Gasteiger partial charge in [0.2, 0.25) is 0 Å². The lowest BCUT2D eigenvalue weighted by atomic mass is 10.0. The fraction of sp³-hybridized carbons (Fsp3) is 0.421. The van der Waals surface area contributed by atoms with Crippen LogP contribution in [0.2, 0.25) is 0 Å². The first-order valence-electron chi connectivity index (χ1n) is 8.55. The monoisotopic (exact) mass is 329 g/mol. The van der Waals surface area contributed by atoms with Gasteiger partial charge in [-0.15, -0.1) is 0 Å². The number of aromatic hydroxyl groups is 1. The fourth-order valence-corrected chi connectivity index (χ4v) is 2.94. The molecule has 1 aliphatic heterocycles.